The topological polar surface area (TPSA) is 144 Å². The second kappa shape index (κ2) is 16.4. The molecule has 9 rings (SSSR count). The quantitative estimate of drug-likeness (QED) is 0.185. The molecule has 312 valence electrons. The second-order valence-corrected chi connectivity index (χ2v) is 18.3. The number of aliphatic imine (C=N–C) groups is 1. The molecule has 6 heterocycles. The highest BCUT2D eigenvalue weighted by Gasteiger charge is 2.40. The minimum absolute atomic E-state index is 0.0416. The molecule has 14 heteroatoms. The monoisotopic (exact) mass is 826 g/mol. The van der Waals surface area contributed by atoms with Crippen molar-refractivity contribution in [2.24, 2.45) is 15.5 Å². The van der Waals surface area contributed by atoms with Crippen LogP contribution in [0.4, 0.5) is 16.5 Å². The van der Waals surface area contributed by atoms with Gasteiger partial charge in [0.15, 0.2) is 17.3 Å². The van der Waals surface area contributed by atoms with Gasteiger partial charge < -0.3 is 24.6 Å². The van der Waals surface area contributed by atoms with Crippen LogP contribution in [0.5, 0.6) is 11.5 Å². The van der Waals surface area contributed by atoms with E-state index in [4.69, 9.17) is 14.5 Å². The molecule has 1 spiro atoms. The van der Waals surface area contributed by atoms with Gasteiger partial charge in [0.05, 0.1) is 24.5 Å². The van der Waals surface area contributed by atoms with Gasteiger partial charge in [0.1, 0.15) is 34.8 Å². The molecule has 0 bridgehead atoms. The van der Waals surface area contributed by atoms with E-state index in [1.807, 2.05) is 17.4 Å². The van der Waals surface area contributed by atoms with Crippen molar-refractivity contribution in [3.05, 3.63) is 87.4 Å². The smallest absolute Gasteiger partial charge is 0.272 e. The number of benzene rings is 2. The number of aromatic nitrogens is 2. The van der Waals surface area contributed by atoms with Crippen molar-refractivity contribution in [2.75, 3.05) is 48.0 Å². The Hall–Kier alpha value is -5.68. The van der Waals surface area contributed by atoms with Crippen LogP contribution in [0.1, 0.15) is 103 Å². The molecule has 0 radical (unpaired) electrons. The van der Waals surface area contributed by atoms with Gasteiger partial charge in [0.25, 0.3) is 5.91 Å². The highest BCUT2D eigenvalue weighted by Crippen LogP contribution is 2.44. The number of carbonyl (C=O) groups is 1. The number of methoxy groups -OCH3 is 1. The fourth-order valence-corrected chi connectivity index (χ4v) is 11.0. The van der Waals surface area contributed by atoms with Gasteiger partial charge in [-0.2, -0.15) is 10.4 Å². The minimum atomic E-state index is -0.191. The van der Waals surface area contributed by atoms with E-state index in [1.54, 1.807) is 31.4 Å². The van der Waals surface area contributed by atoms with Crippen LogP contribution in [0, 0.1) is 30.6 Å². The van der Waals surface area contributed by atoms with Crippen LogP contribution in [0.3, 0.4) is 0 Å². The maximum atomic E-state index is 13.2. The zero-order valence-electron chi connectivity index (χ0n) is 35.2. The molecule has 1 unspecified atom stereocenters. The van der Waals surface area contributed by atoms with E-state index in [0.717, 1.165) is 87.6 Å². The number of rotatable bonds is 8. The molecule has 3 fully saturated rings. The summed E-state index contributed by atoms with van der Waals surface area (Å²) in [5, 5.41) is 27.2. The van der Waals surface area contributed by atoms with Crippen molar-refractivity contribution >= 4 is 45.3 Å². The van der Waals surface area contributed by atoms with Gasteiger partial charge in [-0.3, -0.25) is 20.1 Å². The Labute approximate surface area is 356 Å². The molecule has 5 aliphatic rings. The number of piperidine rings is 2. The summed E-state index contributed by atoms with van der Waals surface area (Å²) in [6, 6.07) is 20.3. The highest BCUT2D eigenvalue weighted by atomic mass is 32.1. The summed E-state index contributed by atoms with van der Waals surface area (Å²) in [4.78, 5) is 27.0. The third-order valence-electron chi connectivity index (χ3n) is 13.3. The number of hydrazone groups is 1. The third-order valence-corrected chi connectivity index (χ3v) is 14.5. The van der Waals surface area contributed by atoms with E-state index >= 15 is 0 Å². The Bertz CT molecular complexity index is 2340. The fraction of sp³-hybridized carbons (Fsp3) is 0.478. The van der Waals surface area contributed by atoms with E-state index in [1.165, 1.54) is 39.5 Å². The number of amides is 1. The molecule has 60 heavy (non-hydrogen) atoms. The molecule has 2 aromatic heterocycles. The number of nitrogens with zero attached hydrogens (tertiary/aromatic N) is 8. The number of thiophene rings is 1. The van der Waals surface area contributed by atoms with Gasteiger partial charge in [-0.05, 0) is 126 Å². The van der Waals surface area contributed by atoms with Crippen LogP contribution < -0.4 is 34.9 Å². The Morgan fingerprint density at radius 3 is 2.47 bits per heavy atom. The minimum Gasteiger partial charge on any atom is -0.495 e. The van der Waals surface area contributed by atoms with Crippen molar-refractivity contribution in [1.82, 2.24) is 20.9 Å². The van der Waals surface area contributed by atoms with Gasteiger partial charge in [-0.15, -0.1) is 21.5 Å². The van der Waals surface area contributed by atoms with E-state index in [9.17, 15) is 10.1 Å². The Kier molecular flexibility index (Phi) is 10.9. The number of amidine groups is 1. The first-order chi connectivity index (χ1) is 29.1. The molecule has 2 aromatic carbocycles. The summed E-state index contributed by atoms with van der Waals surface area (Å²) in [7, 11) is 1.55. The van der Waals surface area contributed by atoms with E-state index in [0.29, 0.717) is 22.8 Å². The van der Waals surface area contributed by atoms with Crippen LogP contribution in [0.2, 0.25) is 0 Å². The van der Waals surface area contributed by atoms with Crippen LogP contribution >= 0.6 is 11.3 Å². The lowest BCUT2D eigenvalue weighted by atomic mass is 9.72. The SMILES string of the molecule is COc1cc(OC2CCC(NC(=O)c3ccc(N4CCC5(CCCN(c6ccc(C7=N[C@@H](C)C8=NNC(C)N8c8sc(C)c(C)c87)cc6)C5)CC4)nn3)CC2)ccc1C#N. The number of nitriles is 1. The Morgan fingerprint density at radius 2 is 1.75 bits per heavy atom. The summed E-state index contributed by atoms with van der Waals surface area (Å²) in [6.45, 7) is 12.7. The molecule has 2 saturated heterocycles. The van der Waals surface area contributed by atoms with E-state index < -0.39 is 0 Å². The van der Waals surface area contributed by atoms with Crippen molar-refractivity contribution in [3.63, 3.8) is 0 Å². The highest BCUT2D eigenvalue weighted by molar-refractivity contribution is 7.17. The molecule has 1 saturated carbocycles. The summed E-state index contributed by atoms with van der Waals surface area (Å²) in [6.07, 6.45) is 8.00. The van der Waals surface area contributed by atoms with Crippen LogP contribution in [-0.2, 0) is 0 Å². The van der Waals surface area contributed by atoms with Crippen LogP contribution in [0.25, 0.3) is 0 Å². The van der Waals surface area contributed by atoms with Crippen molar-refractivity contribution in [1.29, 1.82) is 5.26 Å². The molecular formula is C46H54N10O3S. The van der Waals surface area contributed by atoms with E-state index in [2.05, 4.69) is 98.8 Å². The lowest BCUT2D eigenvalue weighted by Gasteiger charge is -2.48. The van der Waals surface area contributed by atoms with Crippen LogP contribution in [-0.4, -0.2) is 85.3 Å². The number of hydrogen-bond donors (Lipinski definition) is 2. The lowest BCUT2D eigenvalue weighted by Crippen LogP contribution is -2.50. The second-order valence-electron chi connectivity index (χ2n) is 17.1. The summed E-state index contributed by atoms with van der Waals surface area (Å²) >= 11 is 1.83. The molecule has 4 aromatic rings. The number of fused-ring (bicyclic) bond motifs is 3. The van der Waals surface area contributed by atoms with Gasteiger partial charge >= 0.3 is 0 Å². The molecular weight excluding hydrogens is 773 g/mol. The van der Waals surface area contributed by atoms with Crippen molar-refractivity contribution in [3.8, 4) is 17.6 Å². The number of aryl methyl sites for hydroxylation is 1. The van der Waals surface area contributed by atoms with E-state index in [-0.39, 0.29) is 35.7 Å². The first-order valence-electron chi connectivity index (χ1n) is 21.4. The van der Waals surface area contributed by atoms with Gasteiger partial charge in [0.2, 0.25) is 0 Å². The predicted octanol–water partition coefficient (Wildman–Crippen LogP) is 7.35. The summed E-state index contributed by atoms with van der Waals surface area (Å²) in [5.74, 6) is 2.81. The average molecular weight is 827 g/mol. The lowest BCUT2D eigenvalue weighted by molar-refractivity contribution is 0.0888. The first-order valence-corrected chi connectivity index (χ1v) is 22.2. The maximum Gasteiger partial charge on any atom is 0.272 e. The first kappa shape index (κ1) is 39.8. The largest absolute Gasteiger partial charge is 0.495 e. The Morgan fingerprint density at radius 1 is 0.967 bits per heavy atom. The standard InChI is InChI=1S/C46H54N10O3S/c1-28-30(3)60-45-41(28)42(48-29(2)43-53-50-31(4)56(43)45)32-7-12-35(13-8-32)55-22-6-19-46(27-55)20-23-54(24-21-46)40-18-17-38(51-52-40)44(57)49-34-10-15-36(16-11-34)59-37-14-9-33(26-47)39(25-37)58-5/h7-9,12-14,17-18,25,29,31,34,36,50H,6,10-11,15-16,19-24,27H2,1-5H3,(H,49,57)/t29-,31?,34?,36?/m0/s1. The van der Waals surface area contributed by atoms with Gasteiger partial charge in [-0.25, -0.2) is 0 Å². The molecule has 1 aliphatic carbocycles. The number of anilines is 3. The maximum absolute atomic E-state index is 13.2. The zero-order chi connectivity index (χ0) is 41.5. The summed E-state index contributed by atoms with van der Waals surface area (Å²) in [5.41, 5.74) is 10.3. The molecule has 4 aliphatic heterocycles. The van der Waals surface area contributed by atoms with Crippen LogP contribution in [0.15, 0.2) is 64.7 Å². The van der Waals surface area contributed by atoms with Crippen molar-refractivity contribution in [2.45, 2.75) is 103 Å². The normalized spacial score (nSPS) is 23.4. The molecule has 2 atom stereocenters. The molecule has 1 amide bonds. The number of nitrogens with one attached hydrogen (secondary N) is 2. The Balaban J connectivity index is 0.779. The predicted molar refractivity (Wildman–Crippen MR) is 237 cm³/mol. The fourth-order valence-electron chi connectivity index (χ4n) is 9.74. The molecule has 2 N–H and O–H groups in total. The summed E-state index contributed by atoms with van der Waals surface area (Å²) < 4.78 is 11.5. The number of hydrogen-bond acceptors (Lipinski definition) is 13. The third kappa shape index (κ3) is 7.64. The average Bonchev–Trinajstić information content (AvgIpc) is 3.76. The molecule has 13 nitrogen and oxygen atoms in total. The zero-order valence-corrected chi connectivity index (χ0v) is 36.0. The van der Waals surface area contributed by atoms with Crippen molar-refractivity contribution < 1.29 is 14.3 Å². The van der Waals surface area contributed by atoms with Gasteiger partial charge in [-0.1, -0.05) is 12.1 Å². The number of ether oxygens (including phenoxy) is 2. The number of carbonyl (C=O) groups excluding carboxylic acids is 1. The van der Waals surface area contributed by atoms with Gasteiger partial charge in [0, 0.05) is 60.0 Å².